The molecule has 0 spiro atoms. The average molecular weight is 394 g/mol. The molecule has 1 heterocycles. The maximum Gasteiger partial charge on any atom is 0.225 e. The van der Waals surface area contributed by atoms with E-state index in [1.54, 1.807) is 12.4 Å². The lowest BCUT2D eigenvalue weighted by molar-refractivity contribution is -0.137. The van der Waals surface area contributed by atoms with Crippen molar-refractivity contribution in [1.82, 2.24) is 15.2 Å². The van der Waals surface area contributed by atoms with Crippen molar-refractivity contribution in [2.75, 3.05) is 13.6 Å². The molecule has 154 valence electrons. The Morgan fingerprint density at radius 1 is 0.966 bits per heavy atom. The molecule has 2 aromatic rings. The van der Waals surface area contributed by atoms with Gasteiger partial charge in [-0.1, -0.05) is 29.8 Å². The number of nitrogens with one attached hydrogen (secondary N) is 1. The zero-order valence-electron chi connectivity index (χ0n) is 17.4. The van der Waals surface area contributed by atoms with Gasteiger partial charge in [0, 0.05) is 44.4 Å². The third-order valence-electron chi connectivity index (χ3n) is 5.90. The molecule has 0 saturated heterocycles. The van der Waals surface area contributed by atoms with Gasteiger partial charge < -0.3 is 10.2 Å². The van der Waals surface area contributed by atoms with E-state index in [1.807, 2.05) is 36.2 Å². The number of hydrogen-bond donors (Lipinski definition) is 1. The van der Waals surface area contributed by atoms with Gasteiger partial charge >= 0.3 is 0 Å². The van der Waals surface area contributed by atoms with Crippen molar-refractivity contribution in [2.24, 2.45) is 11.8 Å². The Bertz CT molecular complexity index is 797. The minimum Gasteiger partial charge on any atom is -0.352 e. The number of aryl methyl sites for hydroxylation is 1. The molecule has 1 aromatic carbocycles. The SMILES string of the molecule is Cc1ccc(CNC(=O)C2CCC(C(=O)N(C)CCc3ccncc3)CC2)cc1. The van der Waals surface area contributed by atoms with Crippen LogP contribution in [0.25, 0.3) is 0 Å². The summed E-state index contributed by atoms with van der Waals surface area (Å²) in [6.07, 6.45) is 7.55. The Kier molecular flexibility index (Phi) is 7.39. The van der Waals surface area contributed by atoms with Crippen LogP contribution in [0.4, 0.5) is 0 Å². The second-order valence-electron chi connectivity index (χ2n) is 8.12. The molecule has 0 radical (unpaired) electrons. The van der Waals surface area contributed by atoms with Gasteiger partial charge in [0.25, 0.3) is 0 Å². The quantitative estimate of drug-likeness (QED) is 0.783. The first kappa shape index (κ1) is 21.0. The molecule has 5 nitrogen and oxygen atoms in total. The van der Waals surface area contributed by atoms with Crippen molar-refractivity contribution in [3.8, 4) is 0 Å². The number of carbonyl (C=O) groups excluding carboxylic acids is 2. The molecular formula is C24H31N3O2. The highest BCUT2D eigenvalue weighted by Gasteiger charge is 2.31. The summed E-state index contributed by atoms with van der Waals surface area (Å²) in [6, 6.07) is 12.2. The third kappa shape index (κ3) is 6.14. The molecule has 1 N–H and O–H groups in total. The zero-order chi connectivity index (χ0) is 20.6. The van der Waals surface area contributed by atoms with Gasteiger partial charge in [-0.05, 0) is 62.3 Å². The average Bonchev–Trinajstić information content (AvgIpc) is 2.77. The Morgan fingerprint density at radius 2 is 1.59 bits per heavy atom. The molecule has 3 rings (SSSR count). The minimum atomic E-state index is 0.0200. The predicted molar refractivity (Wildman–Crippen MR) is 114 cm³/mol. The summed E-state index contributed by atoms with van der Waals surface area (Å²) in [6.45, 7) is 3.33. The van der Waals surface area contributed by atoms with E-state index < -0.39 is 0 Å². The summed E-state index contributed by atoms with van der Waals surface area (Å²) in [5, 5.41) is 3.05. The van der Waals surface area contributed by atoms with Crippen molar-refractivity contribution < 1.29 is 9.59 Å². The zero-order valence-corrected chi connectivity index (χ0v) is 17.4. The lowest BCUT2D eigenvalue weighted by Gasteiger charge is -2.30. The van der Waals surface area contributed by atoms with E-state index in [1.165, 1.54) is 11.1 Å². The monoisotopic (exact) mass is 393 g/mol. The van der Waals surface area contributed by atoms with Gasteiger partial charge in [0.05, 0.1) is 0 Å². The normalized spacial score (nSPS) is 18.8. The highest BCUT2D eigenvalue weighted by atomic mass is 16.2. The summed E-state index contributed by atoms with van der Waals surface area (Å²) in [5.74, 6) is 0.380. The van der Waals surface area contributed by atoms with Crippen molar-refractivity contribution in [1.29, 1.82) is 0 Å². The predicted octanol–water partition coefficient (Wildman–Crippen LogP) is 3.51. The molecule has 0 aliphatic heterocycles. The first-order valence-corrected chi connectivity index (χ1v) is 10.5. The summed E-state index contributed by atoms with van der Waals surface area (Å²) in [7, 11) is 1.88. The molecule has 2 amide bonds. The van der Waals surface area contributed by atoms with Gasteiger partial charge in [-0.25, -0.2) is 0 Å². The maximum atomic E-state index is 12.7. The first-order chi connectivity index (χ1) is 14.0. The second-order valence-corrected chi connectivity index (χ2v) is 8.12. The number of rotatable bonds is 7. The smallest absolute Gasteiger partial charge is 0.225 e. The summed E-state index contributed by atoms with van der Waals surface area (Å²) >= 11 is 0. The number of likely N-dealkylation sites (N-methyl/N-ethyl adjacent to an activating group) is 1. The van der Waals surface area contributed by atoms with Crippen LogP contribution in [0, 0.1) is 18.8 Å². The lowest BCUT2D eigenvalue weighted by Crippen LogP contribution is -2.38. The van der Waals surface area contributed by atoms with Crippen molar-refractivity contribution in [2.45, 2.75) is 45.6 Å². The number of nitrogens with zero attached hydrogens (tertiary/aromatic N) is 2. The highest BCUT2D eigenvalue weighted by molar-refractivity contribution is 5.81. The summed E-state index contributed by atoms with van der Waals surface area (Å²) < 4.78 is 0. The Balaban J connectivity index is 1.40. The fourth-order valence-corrected chi connectivity index (χ4v) is 3.91. The van der Waals surface area contributed by atoms with Crippen LogP contribution in [-0.2, 0) is 22.6 Å². The van der Waals surface area contributed by atoms with E-state index in [0.717, 1.165) is 37.7 Å². The molecule has 0 bridgehead atoms. The molecule has 1 fully saturated rings. The van der Waals surface area contributed by atoms with Crippen LogP contribution in [0.1, 0.15) is 42.4 Å². The number of pyridine rings is 1. The minimum absolute atomic E-state index is 0.0200. The van der Waals surface area contributed by atoms with E-state index in [2.05, 4.69) is 29.4 Å². The van der Waals surface area contributed by atoms with E-state index in [9.17, 15) is 9.59 Å². The van der Waals surface area contributed by atoms with Crippen LogP contribution in [0.2, 0.25) is 0 Å². The number of benzene rings is 1. The molecule has 1 saturated carbocycles. The van der Waals surface area contributed by atoms with E-state index in [-0.39, 0.29) is 23.7 Å². The van der Waals surface area contributed by atoms with Gasteiger partial charge in [0.15, 0.2) is 0 Å². The fraction of sp³-hybridized carbons (Fsp3) is 0.458. The van der Waals surface area contributed by atoms with Gasteiger partial charge in [0.1, 0.15) is 0 Å². The molecule has 29 heavy (non-hydrogen) atoms. The summed E-state index contributed by atoms with van der Waals surface area (Å²) in [5.41, 5.74) is 3.52. The summed E-state index contributed by atoms with van der Waals surface area (Å²) in [4.78, 5) is 31.1. The van der Waals surface area contributed by atoms with Crippen LogP contribution in [0.5, 0.6) is 0 Å². The Morgan fingerprint density at radius 3 is 2.24 bits per heavy atom. The molecule has 1 aliphatic rings. The van der Waals surface area contributed by atoms with Gasteiger partial charge in [-0.15, -0.1) is 0 Å². The number of aromatic nitrogens is 1. The standard InChI is InChI=1S/C24H31N3O2/c1-18-3-5-20(6-4-18)17-26-23(28)21-7-9-22(10-8-21)24(29)27(2)16-13-19-11-14-25-15-12-19/h3-6,11-12,14-15,21-22H,7-10,13,16-17H2,1-2H3,(H,26,28). The molecule has 0 unspecified atom stereocenters. The molecular weight excluding hydrogens is 362 g/mol. The maximum absolute atomic E-state index is 12.7. The van der Waals surface area contributed by atoms with Gasteiger partial charge in [-0.3, -0.25) is 14.6 Å². The van der Waals surface area contributed by atoms with E-state index in [0.29, 0.717) is 13.1 Å². The van der Waals surface area contributed by atoms with Crippen LogP contribution < -0.4 is 5.32 Å². The largest absolute Gasteiger partial charge is 0.352 e. The van der Waals surface area contributed by atoms with Crippen molar-refractivity contribution >= 4 is 11.8 Å². The topological polar surface area (TPSA) is 62.3 Å². The number of hydrogen-bond acceptors (Lipinski definition) is 3. The Labute approximate surface area is 173 Å². The number of carbonyl (C=O) groups is 2. The van der Waals surface area contributed by atoms with Gasteiger partial charge in [-0.2, -0.15) is 0 Å². The number of amides is 2. The Hall–Kier alpha value is -2.69. The van der Waals surface area contributed by atoms with Crippen LogP contribution in [-0.4, -0.2) is 35.3 Å². The van der Waals surface area contributed by atoms with Gasteiger partial charge in [0.2, 0.25) is 11.8 Å². The van der Waals surface area contributed by atoms with E-state index >= 15 is 0 Å². The third-order valence-corrected chi connectivity index (χ3v) is 5.90. The molecule has 5 heteroatoms. The second kappa shape index (κ2) is 10.2. The van der Waals surface area contributed by atoms with Crippen LogP contribution in [0.3, 0.4) is 0 Å². The lowest BCUT2D eigenvalue weighted by atomic mass is 9.81. The highest BCUT2D eigenvalue weighted by Crippen LogP contribution is 2.30. The van der Waals surface area contributed by atoms with Crippen molar-refractivity contribution in [3.63, 3.8) is 0 Å². The van der Waals surface area contributed by atoms with E-state index in [4.69, 9.17) is 0 Å². The van der Waals surface area contributed by atoms with Crippen LogP contribution in [0.15, 0.2) is 48.8 Å². The molecule has 1 aromatic heterocycles. The molecule has 1 aliphatic carbocycles. The van der Waals surface area contributed by atoms with Crippen LogP contribution >= 0.6 is 0 Å². The molecule has 0 atom stereocenters. The fourth-order valence-electron chi connectivity index (χ4n) is 3.91. The first-order valence-electron chi connectivity index (χ1n) is 10.5. The van der Waals surface area contributed by atoms with Crippen molar-refractivity contribution in [3.05, 3.63) is 65.5 Å².